The van der Waals surface area contributed by atoms with Crippen molar-refractivity contribution >= 4 is 31.6 Å². The van der Waals surface area contributed by atoms with Gasteiger partial charge in [0.05, 0.1) is 11.0 Å². The number of nitrogen functional groups attached to an aromatic ring is 1. The minimum Gasteiger partial charge on any atom is -0.398 e. The summed E-state index contributed by atoms with van der Waals surface area (Å²) >= 11 is 3.29. The van der Waals surface area contributed by atoms with E-state index in [4.69, 9.17) is 10.5 Å². The van der Waals surface area contributed by atoms with Gasteiger partial charge >= 0.3 is 0 Å². The van der Waals surface area contributed by atoms with Crippen LogP contribution < -0.4 is 10.5 Å². The summed E-state index contributed by atoms with van der Waals surface area (Å²) in [6.45, 7) is 4.80. The van der Waals surface area contributed by atoms with Gasteiger partial charge in [-0.3, -0.25) is 0 Å². The molecule has 1 aromatic carbocycles. The molecule has 5 nitrogen and oxygen atoms in total. The number of anilines is 1. The van der Waals surface area contributed by atoms with E-state index in [-0.39, 0.29) is 16.9 Å². The van der Waals surface area contributed by atoms with Gasteiger partial charge < -0.3 is 10.5 Å². The molecule has 7 heteroatoms. The molecule has 20 heavy (non-hydrogen) atoms. The van der Waals surface area contributed by atoms with Gasteiger partial charge in [-0.05, 0) is 53.9 Å². The summed E-state index contributed by atoms with van der Waals surface area (Å²) in [7, 11) is -3.55. The highest BCUT2D eigenvalue weighted by Crippen LogP contribution is 2.27. The normalized spacial score (nSPS) is 23.1. The molecule has 1 saturated heterocycles. The molecular formula is C13H19BrN2O3S. The summed E-state index contributed by atoms with van der Waals surface area (Å²) in [6, 6.07) is 3.20. The summed E-state index contributed by atoms with van der Waals surface area (Å²) < 4.78 is 33.5. The highest BCUT2D eigenvalue weighted by Gasteiger charge is 2.26. The molecule has 2 unspecified atom stereocenters. The average molecular weight is 363 g/mol. The van der Waals surface area contributed by atoms with Crippen molar-refractivity contribution in [3.8, 4) is 0 Å². The van der Waals surface area contributed by atoms with Gasteiger partial charge in [0.2, 0.25) is 10.0 Å². The Bertz CT molecular complexity index is 604. The second-order valence-corrected chi connectivity index (χ2v) is 7.71. The van der Waals surface area contributed by atoms with Crippen molar-refractivity contribution in [1.82, 2.24) is 4.72 Å². The van der Waals surface area contributed by atoms with Gasteiger partial charge in [-0.1, -0.05) is 0 Å². The Labute approximate surface area is 128 Å². The maximum atomic E-state index is 12.4. The van der Waals surface area contributed by atoms with Crippen LogP contribution in [0, 0.1) is 12.8 Å². The Hall–Kier alpha value is -0.630. The van der Waals surface area contributed by atoms with Gasteiger partial charge in [-0.15, -0.1) is 0 Å². The zero-order valence-corrected chi connectivity index (χ0v) is 13.9. The first-order valence-electron chi connectivity index (χ1n) is 6.48. The van der Waals surface area contributed by atoms with Crippen molar-refractivity contribution in [2.24, 2.45) is 5.92 Å². The molecule has 0 amide bonds. The Morgan fingerprint density at radius 1 is 1.50 bits per heavy atom. The zero-order chi connectivity index (χ0) is 14.9. The van der Waals surface area contributed by atoms with Gasteiger partial charge in [0.25, 0.3) is 0 Å². The number of nitrogens with one attached hydrogen (secondary N) is 1. The molecule has 1 fully saturated rings. The summed E-state index contributed by atoms with van der Waals surface area (Å²) in [5, 5.41) is 0. The molecule has 0 aromatic heterocycles. The molecule has 0 spiro atoms. The molecule has 1 aliphatic rings. The van der Waals surface area contributed by atoms with E-state index < -0.39 is 10.0 Å². The molecule has 3 N–H and O–H groups in total. The number of sulfonamides is 1. The van der Waals surface area contributed by atoms with Crippen molar-refractivity contribution < 1.29 is 13.2 Å². The third-order valence-electron chi connectivity index (χ3n) is 3.65. The number of rotatable bonds is 4. The molecule has 0 saturated carbocycles. The Morgan fingerprint density at radius 3 is 2.80 bits per heavy atom. The highest BCUT2D eigenvalue weighted by molar-refractivity contribution is 9.10. The van der Waals surface area contributed by atoms with Crippen LogP contribution in [0.25, 0.3) is 0 Å². The van der Waals surface area contributed by atoms with E-state index in [1.54, 1.807) is 13.0 Å². The number of hydrogen-bond donors (Lipinski definition) is 2. The number of halogens is 1. The lowest BCUT2D eigenvalue weighted by molar-refractivity contribution is 0.107. The van der Waals surface area contributed by atoms with Crippen molar-refractivity contribution in [2.75, 3.05) is 18.9 Å². The molecule has 1 aromatic rings. The Kier molecular flexibility index (Phi) is 4.73. The number of aryl methyl sites for hydroxylation is 1. The quantitative estimate of drug-likeness (QED) is 0.803. The van der Waals surface area contributed by atoms with E-state index in [0.717, 1.165) is 6.42 Å². The number of benzene rings is 1. The fraction of sp³-hybridized carbons (Fsp3) is 0.538. The lowest BCUT2D eigenvalue weighted by atomic mass is 10.0. The van der Waals surface area contributed by atoms with Crippen LogP contribution in [-0.4, -0.2) is 27.7 Å². The maximum absolute atomic E-state index is 12.4. The largest absolute Gasteiger partial charge is 0.398 e. The predicted octanol–water partition coefficient (Wildman–Crippen LogP) is 2.04. The summed E-state index contributed by atoms with van der Waals surface area (Å²) in [6.07, 6.45) is 0.972. The summed E-state index contributed by atoms with van der Waals surface area (Å²) in [5.41, 5.74) is 6.84. The summed E-state index contributed by atoms with van der Waals surface area (Å²) in [5.74, 6) is 0.220. The molecule has 1 aliphatic heterocycles. The van der Waals surface area contributed by atoms with Gasteiger partial charge in [0.1, 0.15) is 0 Å². The molecular weight excluding hydrogens is 344 g/mol. The van der Waals surface area contributed by atoms with Gasteiger partial charge in [-0.25, -0.2) is 13.1 Å². The van der Waals surface area contributed by atoms with Crippen LogP contribution in [0.1, 0.15) is 18.9 Å². The third kappa shape index (κ3) is 3.33. The van der Waals surface area contributed by atoms with E-state index in [1.807, 2.05) is 6.92 Å². The van der Waals surface area contributed by atoms with Crippen LogP contribution in [0.5, 0.6) is 0 Å². The topological polar surface area (TPSA) is 81.4 Å². The molecule has 0 radical (unpaired) electrons. The Balaban J connectivity index is 2.16. The van der Waals surface area contributed by atoms with E-state index in [0.29, 0.717) is 28.9 Å². The number of nitrogens with two attached hydrogens (primary N) is 1. The first kappa shape index (κ1) is 15.8. The molecule has 0 bridgehead atoms. The first-order valence-corrected chi connectivity index (χ1v) is 8.76. The lowest BCUT2D eigenvalue weighted by Crippen LogP contribution is -2.32. The van der Waals surface area contributed by atoms with E-state index in [1.165, 1.54) is 6.07 Å². The second kappa shape index (κ2) is 6.01. The number of hydrogen-bond acceptors (Lipinski definition) is 4. The SMILES string of the molecule is Cc1cc(Br)c(N)cc1S(=O)(=O)NCC1CCOC1C. The fourth-order valence-corrected chi connectivity index (χ4v) is 4.11. The first-order chi connectivity index (χ1) is 9.31. The van der Waals surface area contributed by atoms with Crippen molar-refractivity contribution in [2.45, 2.75) is 31.3 Å². The van der Waals surface area contributed by atoms with Crippen molar-refractivity contribution in [3.63, 3.8) is 0 Å². The second-order valence-electron chi connectivity index (χ2n) is 5.12. The third-order valence-corrected chi connectivity index (χ3v) is 5.90. The van der Waals surface area contributed by atoms with Crippen LogP contribution in [0.2, 0.25) is 0 Å². The van der Waals surface area contributed by atoms with Crippen LogP contribution in [0.4, 0.5) is 5.69 Å². The molecule has 112 valence electrons. The van der Waals surface area contributed by atoms with Crippen molar-refractivity contribution in [3.05, 3.63) is 22.2 Å². The zero-order valence-electron chi connectivity index (χ0n) is 11.5. The maximum Gasteiger partial charge on any atom is 0.240 e. The van der Waals surface area contributed by atoms with E-state index >= 15 is 0 Å². The molecule has 0 aliphatic carbocycles. The predicted molar refractivity (Wildman–Crippen MR) is 82.0 cm³/mol. The monoisotopic (exact) mass is 362 g/mol. The van der Waals surface area contributed by atoms with Gasteiger partial charge in [0.15, 0.2) is 0 Å². The number of ether oxygens (including phenoxy) is 1. The average Bonchev–Trinajstić information content (AvgIpc) is 2.77. The van der Waals surface area contributed by atoms with Crippen LogP contribution in [-0.2, 0) is 14.8 Å². The highest BCUT2D eigenvalue weighted by atomic mass is 79.9. The lowest BCUT2D eigenvalue weighted by Gasteiger charge is -2.16. The Morgan fingerprint density at radius 2 is 2.20 bits per heavy atom. The minimum absolute atomic E-state index is 0.0915. The van der Waals surface area contributed by atoms with Crippen LogP contribution in [0.3, 0.4) is 0 Å². The smallest absolute Gasteiger partial charge is 0.240 e. The van der Waals surface area contributed by atoms with Crippen molar-refractivity contribution in [1.29, 1.82) is 0 Å². The van der Waals surface area contributed by atoms with E-state index in [9.17, 15) is 8.42 Å². The molecule has 1 heterocycles. The van der Waals surface area contributed by atoms with E-state index in [2.05, 4.69) is 20.7 Å². The minimum atomic E-state index is -3.55. The van der Waals surface area contributed by atoms with Crippen LogP contribution in [0.15, 0.2) is 21.5 Å². The van der Waals surface area contributed by atoms with Crippen LogP contribution >= 0.6 is 15.9 Å². The molecule has 2 atom stereocenters. The standard InChI is InChI=1S/C13H19BrN2O3S/c1-8-5-11(14)12(15)6-13(8)20(17,18)16-7-10-3-4-19-9(10)2/h5-6,9-10,16H,3-4,7,15H2,1-2H3. The fourth-order valence-electron chi connectivity index (χ4n) is 2.30. The van der Waals surface area contributed by atoms with Gasteiger partial charge in [0, 0.05) is 29.2 Å². The van der Waals surface area contributed by atoms with Gasteiger partial charge in [-0.2, -0.15) is 0 Å². The summed E-state index contributed by atoms with van der Waals surface area (Å²) in [4.78, 5) is 0.227. The molecule has 2 rings (SSSR count).